The molecule has 1 aliphatic heterocycles. The van der Waals surface area contributed by atoms with E-state index in [1.807, 2.05) is 24.3 Å². The molecule has 4 heterocycles. The molecule has 0 saturated heterocycles. The van der Waals surface area contributed by atoms with Crippen molar-refractivity contribution in [3.05, 3.63) is 59.3 Å². The third kappa shape index (κ3) is 3.72. The van der Waals surface area contributed by atoms with Gasteiger partial charge in [0.2, 0.25) is 17.7 Å². The average Bonchev–Trinajstić information content (AvgIpc) is 3.86. The summed E-state index contributed by atoms with van der Waals surface area (Å²) in [5, 5.41) is 4.42. The van der Waals surface area contributed by atoms with Gasteiger partial charge in [0.05, 0.1) is 43.6 Å². The second kappa shape index (κ2) is 8.39. The monoisotopic (exact) mass is 550 g/mol. The topological polar surface area (TPSA) is 94.7 Å². The van der Waals surface area contributed by atoms with Gasteiger partial charge in [-0.15, -0.1) is 0 Å². The van der Waals surface area contributed by atoms with Gasteiger partial charge in [0.25, 0.3) is 5.92 Å². The number of hydrogen-bond acceptors (Lipinski definition) is 7. The van der Waals surface area contributed by atoms with E-state index in [-0.39, 0.29) is 29.6 Å². The van der Waals surface area contributed by atoms with E-state index in [2.05, 4.69) is 20.1 Å². The van der Waals surface area contributed by atoms with Crippen molar-refractivity contribution in [3.8, 4) is 23.1 Å². The second-order valence-electron chi connectivity index (χ2n) is 10.8. The van der Waals surface area contributed by atoms with Crippen LogP contribution in [0.5, 0.6) is 11.9 Å². The van der Waals surface area contributed by atoms with Crippen molar-refractivity contribution in [1.29, 1.82) is 0 Å². The molecular weight excluding hydrogens is 525 g/mol. The molecule has 2 fully saturated rings. The quantitative estimate of drug-likeness (QED) is 0.331. The minimum Gasteiger partial charge on any atom is -0.480 e. The highest BCUT2D eigenvalue weighted by atomic mass is 19.3. The first kappa shape index (κ1) is 24.8. The van der Waals surface area contributed by atoms with Crippen LogP contribution in [0.3, 0.4) is 0 Å². The Hall–Kier alpha value is -4.22. The number of anilines is 1. The molecule has 7 rings (SSSR count). The van der Waals surface area contributed by atoms with Gasteiger partial charge in [-0.05, 0) is 54.4 Å². The SMILES string of the molecule is COc1ncc(-c2cc([C@H]3C[C@@H]3c3ccc4c(c3)N(CC(C)(F)F)C(=O)C43CC3)c3ncc(F)n3n2)c(OC)n1. The number of imidazole rings is 1. The normalized spacial score (nSPS) is 20.8. The number of aromatic nitrogens is 5. The van der Waals surface area contributed by atoms with Gasteiger partial charge < -0.3 is 14.4 Å². The van der Waals surface area contributed by atoms with Crippen molar-refractivity contribution in [3.63, 3.8) is 0 Å². The molecule has 2 aliphatic carbocycles. The van der Waals surface area contributed by atoms with Crippen molar-refractivity contribution in [2.45, 2.75) is 49.4 Å². The summed E-state index contributed by atoms with van der Waals surface area (Å²) in [5.41, 5.74) is 3.72. The lowest BCUT2D eigenvalue weighted by molar-refractivity contribution is -0.121. The molecule has 4 aromatic rings. The molecule has 0 N–H and O–H groups in total. The number of benzene rings is 1. The first-order chi connectivity index (χ1) is 19.1. The number of ether oxygens (including phenoxy) is 2. The largest absolute Gasteiger partial charge is 0.480 e. The zero-order chi connectivity index (χ0) is 28.0. The summed E-state index contributed by atoms with van der Waals surface area (Å²) < 4.78 is 54.4. The smallest absolute Gasteiger partial charge is 0.319 e. The summed E-state index contributed by atoms with van der Waals surface area (Å²) in [6, 6.07) is 7.73. The van der Waals surface area contributed by atoms with E-state index in [0.717, 1.165) is 40.7 Å². The fourth-order valence-corrected chi connectivity index (χ4v) is 5.99. The van der Waals surface area contributed by atoms with Crippen LogP contribution in [0.25, 0.3) is 16.9 Å². The minimum absolute atomic E-state index is 0.0256. The molecule has 0 bridgehead atoms. The lowest BCUT2D eigenvalue weighted by atomic mass is 9.95. The molecule has 3 aliphatic rings. The van der Waals surface area contributed by atoms with Gasteiger partial charge in [0, 0.05) is 24.4 Å². The number of nitrogens with zero attached hydrogens (tertiary/aromatic N) is 6. The number of carbonyl (C=O) groups is 1. The van der Waals surface area contributed by atoms with Gasteiger partial charge in [-0.25, -0.2) is 18.7 Å². The standard InChI is InChI=1S/C28H25F3N6O3/c1-27(30,31)13-36-21-8-14(4-5-19(21)28(6-7-28)25(36)38)15-9-16(15)17-10-20(35-37-22(29)12-32-23(17)37)18-11-33-26(40-3)34-24(18)39-2/h4-5,8,10-12,15-16H,6-7,9,13H2,1-3H3/t15-,16+/m1/s1. The highest BCUT2D eigenvalue weighted by Gasteiger charge is 2.60. The maximum absolute atomic E-state index is 14.7. The van der Waals surface area contributed by atoms with Crippen LogP contribution in [-0.2, 0) is 10.2 Å². The van der Waals surface area contributed by atoms with E-state index in [9.17, 15) is 18.0 Å². The lowest BCUT2D eigenvalue weighted by Gasteiger charge is -2.22. The summed E-state index contributed by atoms with van der Waals surface area (Å²) in [5.74, 6) is -3.64. The van der Waals surface area contributed by atoms with Crippen LogP contribution in [0.2, 0.25) is 0 Å². The zero-order valence-electron chi connectivity index (χ0n) is 22.0. The van der Waals surface area contributed by atoms with Crippen LogP contribution in [0.1, 0.15) is 54.7 Å². The highest BCUT2D eigenvalue weighted by molar-refractivity contribution is 6.10. The first-order valence-corrected chi connectivity index (χ1v) is 13.0. The fraction of sp³-hybridized carbons (Fsp3) is 0.393. The van der Waals surface area contributed by atoms with Crippen molar-refractivity contribution in [1.82, 2.24) is 24.6 Å². The van der Waals surface area contributed by atoms with E-state index >= 15 is 0 Å². The Balaban J connectivity index is 1.27. The summed E-state index contributed by atoms with van der Waals surface area (Å²) in [6.07, 6.45) is 4.72. The molecule has 12 heteroatoms. The minimum atomic E-state index is -3.01. The van der Waals surface area contributed by atoms with Gasteiger partial charge >= 0.3 is 6.01 Å². The third-order valence-electron chi connectivity index (χ3n) is 8.12. The van der Waals surface area contributed by atoms with Crippen LogP contribution in [0.15, 0.2) is 36.7 Å². The molecule has 0 unspecified atom stereocenters. The molecule has 2 atom stereocenters. The molecule has 206 valence electrons. The molecular formula is C28H25F3N6O3. The molecule has 0 radical (unpaired) electrons. The number of fused-ring (bicyclic) bond motifs is 3. The van der Waals surface area contributed by atoms with Crippen molar-refractivity contribution in [2.75, 3.05) is 25.7 Å². The molecule has 1 amide bonds. The van der Waals surface area contributed by atoms with Crippen molar-refractivity contribution >= 4 is 17.2 Å². The Morgan fingerprint density at radius 1 is 1.10 bits per heavy atom. The number of alkyl halides is 2. The summed E-state index contributed by atoms with van der Waals surface area (Å²) in [7, 11) is 2.90. The van der Waals surface area contributed by atoms with Crippen molar-refractivity contribution < 1.29 is 27.4 Å². The van der Waals surface area contributed by atoms with E-state index in [1.54, 1.807) is 0 Å². The van der Waals surface area contributed by atoms with Gasteiger partial charge in [0.15, 0.2) is 5.65 Å². The number of methoxy groups -OCH3 is 2. The maximum atomic E-state index is 14.7. The lowest BCUT2D eigenvalue weighted by Crippen LogP contribution is -2.39. The van der Waals surface area contributed by atoms with Gasteiger partial charge in [-0.2, -0.15) is 19.0 Å². The molecule has 2 saturated carbocycles. The number of carbonyl (C=O) groups excluding carboxylic acids is 1. The van der Waals surface area contributed by atoms with Crippen molar-refractivity contribution in [2.24, 2.45) is 0 Å². The molecule has 9 nitrogen and oxygen atoms in total. The van der Waals surface area contributed by atoms with E-state index in [0.29, 0.717) is 35.4 Å². The zero-order valence-corrected chi connectivity index (χ0v) is 22.0. The van der Waals surface area contributed by atoms with Gasteiger partial charge in [0.1, 0.15) is 0 Å². The predicted octanol–water partition coefficient (Wildman–Crippen LogP) is 4.65. The summed E-state index contributed by atoms with van der Waals surface area (Å²) in [6.45, 7) is 0.184. The number of amides is 1. The van der Waals surface area contributed by atoms with E-state index in [1.165, 1.54) is 25.3 Å². The fourth-order valence-electron chi connectivity index (χ4n) is 5.99. The van der Waals surface area contributed by atoms with E-state index in [4.69, 9.17) is 9.47 Å². The van der Waals surface area contributed by atoms with Gasteiger partial charge in [-0.3, -0.25) is 4.79 Å². The Kier molecular flexibility index (Phi) is 5.20. The Labute approximate surface area is 227 Å². The summed E-state index contributed by atoms with van der Waals surface area (Å²) in [4.78, 5) is 27.0. The average molecular weight is 551 g/mol. The van der Waals surface area contributed by atoms with Crippen LogP contribution >= 0.6 is 0 Å². The Morgan fingerprint density at radius 3 is 2.60 bits per heavy atom. The Morgan fingerprint density at radius 2 is 1.90 bits per heavy atom. The molecule has 40 heavy (non-hydrogen) atoms. The van der Waals surface area contributed by atoms with Gasteiger partial charge in [-0.1, -0.05) is 12.1 Å². The molecule has 3 aromatic heterocycles. The first-order valence-electron chi connectivity index (χ1n) is 13.0. The van der Waals surface area contributed by atoms with Crippen LogP contribution in [-0.4, -0.2) is 57.2 Å². The van der Waals surface area contributed by atoms with Crippen LogP contribution in [0.4, 0.5) is 18.9 Å². The maximum Gasteiger partial charge on any atom is 0.319 e. The Bertz CT molecular complexity index is 1700. The highest BCUT2D eigenvalue weighted by Crippen LogP contribution is 2.60. The number of halogens is 3. The van der Waals surface area contributed by atoms with Crippen LogP contribution < -0.4 is 14.4 Å². The molecule has 1 aromatic carbocycles. The predicted molar refractivity (Wildman–Crippen MR) is 138 cm³/mol. The van der Waals surface area contributed by atoms with E-state index < -0.39 is 23.8 Å². The number of hydrogen-bond donors (Lipinski definition) is 0. The molecule has 1 spiro atoms. The second-order valence-corrected chi connectivity index (χ2v) is 10.8. The third-order valence-corrected chi connectivity index (χ3v) is 8.12. The number of rotatable bonds is 7. The van der Waals surface area contributed by atoms with Crippen LogP contribution in [0, 0.1) is 5.95 Å². The summed E-state index contributed by atoms with van der Waals surface area (Å²) >= 11 is 0.